The Hall–Kier alpha value is -0.0800. The fourth-order valence-corrected chi connectivity index (χ4v) is 5.46. The highest BCUT2D eigenvalue weighted by Gasteiger charge is 2.46. The molecule has 5 unspecified atom stereocenters. The van der Waals surface area contributed by atoms with Crippen molar-refractivity contribution in [2.75, 3.05) is 13.1 Å². The third-order valence-corrected chi connectivity index (χ3v) is 6.97. The smallest absolute Gasteiger partial charge is 0.0337 e. The topological polar surface area (TPSA) is 29.3 Å². The molecule has 3 aliphatic rings. The molecule has 0 aromatic rings. The molecule has 2 aliphatic carbocycles. The Morgan fingerprint density at radius 1 is 1.00 bits per heavy atom. The van der Waals surface area contributed by atoms with Crippen LogP contribution in [-0.4, -0.2) is 29.6 Å². The molecule has 0 aromatic heterocycles. The van der Waals surface area contributed by atoms with Gasteiger partial charge in [-0.05, 0) is 69.2 Å². The zero-order valence-corrected chi connectivity index (χ0v) is 13.6. The summed E-state index contributed by atoms with van der Waals surface area (Å²) < 4.78 is 0. The first kappa shape index (κ1) is 14.8. The molecule has 2 nitrogen and oxygen atoms in total. The standard InChI is InChI=1S/C18H34N2/c1-14-9-10-18(13-19,12-15(14)2)20-11-5-7-16-6-3-4-8-17(16)20/h14-17H,3-13,19H2,1-2H3. The molecule has 2 saturated carbocycles. The van der Waals surface area contributed by atoms with Crippen LogP contribution < -0.4 is 5.73 Å². The normalized spacial score (nSPS) is 47.0. The van der Waals surface area contributed by atoms with Crippen molar-refractivity contribution in [1.29, 1.82) is 0 Å². The minimum Gasteiger partial charge on any atom is -0.329 e. The lowest BCUT2D eigenvalue weighted by atomic mass is 9.67. The zero-order valence-electron chi connectivity index (χ0n) is 13.6. The molecule has 2 N–H and O–H groups in total. The number of hydrogen-bond acceptors (Lipinski definition) is 2. The Bertz CT molecular complexity index is 327. The van der Waals surface area contributed by atoms with Crippen molar-refractivity contribution in [1.82, 2.24) is 4.90 Å². The lowest BCUT2D eigenvalue weighted by Crippen LogP contribution is -2.63. The molecular weight excluding hydrogens is 244 g/mol. The third kappa shape index (κ3) is 2.54. The Labute approximate surface area is 125 Å². The molecule has 0 radical (unpaired) electrons. The maximum atomic E-state index is 6.36. The van der Waals surface area contributed by atoms with Crippen LogP contribution in [0.5, 0.6) is 0 Å². The van der Waals surface area contributed by atoms with Crippen LogP contribution in [0.1, 0.15) is 71.6 Å². The molecule has 1 aliphatic heterocycles. The van der Waals surface area contributed by atoms with Gasteiger partial charge in [-0.15, -0.1) is 0 Å². The Morgan fingerprint density at radius 2 is 1.75 bits per heavy atom. The summed E-state index contributed by atoms with van der Waals surface area (Å²) in [6.45, 7) is 7.09. The van der Waals surface area contributed by atoms with E-state index in [1.165, 1.54) is 64.3 Å². The number of likely N-dealkylation sites (tertiary alicyclic amines) is 1. The van der Waals surface area contributed by atoms with E-state index >= 15 is 0 Å². The van der Waals surface area contributed by atoms with Gasteiger partial charge in [0, 0.05) is 18.1 Å². The van der Waals surface area contributed by atoms with Crippen LogP contribution in [0.2, 0.25) is 0 Å². The van der Waals surface area contributed by atoms with Crippen molar-refractivity contribution in [3.05, 3.63) is 0 Å². The van der Waals surface area contributed by atoms with Gasteiger partial charge < -0.3 is 5.73 Å². The number of fused-ring (bicyclic) bond motifs is 1. The summed E-state index contributed by atoms with van der Waals surface area (Å²) in [6, 6.07) is 0.863. The Morgan fingerprint density at radius 3 is 2.50 bits per heavy atom. The molecule has 1 heterocycles. The van der Waals surface area contributed by atoms with E-state index in [1.807, 2.05) is 0 Å². The first-order valence-corrected chi connectivity index (χ1v) is 9.13. The fraction of sp³-hybridized carbons (Fsp3) is 1.00. The van der Waals surface area contributed by atoms with E-state index in [4.69, 9.17) is 5.73 Å². The van der Waals surface area contributed by atoms with Gasteiger partial charge in [0.2, 0.25) is 0 Å². The van der Waals surface area contributed by atoms with Gasteiger partial charge in [0.05, 0.1) is 0 Å². The van der Waals surface area contributed by atoms with Gasteiger partial charge >= 0.3 is 0 Å². The Balaban J connectivity index is 1.80. The van der Waals surface area contributed by atoms with Crippen LogP contribution in [0.15, 0.2) is 0 Å². The average Bonchev–Trinajstić information content (AvgIpc) is 2.50. The number of piperidine rings is 1. The third-order valence-electron chi connectivity index (χ3n) is 6.97. The predicted octanol–water partition coefficient (Wildman–Crippen LogP) is 3.79. The quantitative estimate of drug-likeness (QED) is 0.832. The Kier molecular flexibility index (Phi) is 4.42. The van der Waals surface area contributed by atoms with Crippen molar-refractivity contribution < 1.29 is 0 Å². The van der Waals surface area contributed by atoms with Crippen LogP contribution in [0.3, 0.4) is 0 Å². The highest BCUT2D eigenvalue weighted by molar-refractivity contribution is 5.02. The molecular formula is C18H34N2. The molecule has 0 amide bonds. The van der Waals surface area contributed by atoms with Gasteiger partial charge in [0.15, 0.2) is 0 Å². The molecule has 2 heteroatoms. The van der Waals surface area contributed by atoms with Crippen molar-refractivity contribution >= 4 is 0 Å². The average molecular weight is 278 g/mol. The van der Waals surface area contributed by atoms with Crippen LogP contribution in [0, 0.1) is 17.8 Å². The van der Waals surface area contributed by atoms with E-state index in [-0.39, 0.29) is 0 Å². The minimum absolute atomic E-state index is 0.340. The molecule has 3 rings (SSSR count). The summed E-state index contributed by atoms with van der Waals surface area (Å²) >= 11 is 0. The summed E-state index contributed by atoms with van der Waals surface area (Å²) in [7, 11) is 0. The summed E-state index contributed by atoms with van der Waals surface area (Å²) in [6.07, 6.45) is 12.8. The van der Waals surface area contributed by atoms with Gasteiger partial charge in [0.25, 0.3) is 0 Å². The number of nitrogens with zero attached hydrogens (tertiary/aromatic N) is 1. The maximum Gasteiger partial charge on any atom is 0.0337 e. The van der Waals surface area contributed by atoms with E-state index in [0.29, 0.717) is 5.54 Å². The van der Waals surface area contributed by atoms with Crippen LogP contribution in [0.25, 0.3) is 0 Å². The van der Waals surface area contributed by atoms with Crippen molar-refractivity contribution in [3.8, 4) is 0 Å². The monoisotopic (exact) mass is 278 g/mol. The van der Waals surface area contributed by atoms with E-state index in [0.717, 1.165) is 30.3 Å². The first-order chi connectivity index (χ1) is 9.66. The van der Waals surface area contributed by atoms with Gasteiger partial charge in [-0.3, -0.25) is 4.90 Å². The summed E-state index contributed by atoms with van der Waals surface area (Å²) in [5.41, 5.74) is 6.70. The lowest BCUT2D eigenvalue weighted by Gasteiger charge is -2.56. The second-order valence-electron chi connectivity index (χ2n) is 8.07. The maximum absolute atomic E-state index is 6.36. The molecule has 20 heavy (non-hydrogen) atoms. The fourth-order valence-electron chi connectivity index (χ4n) is 5.46. The summed E-state index contributed by atoms with van der Waals surface area (Å²) in [5, 5.41) is 0. The highest BCUT2D eigenvalue weighted by atomic mass is 15.2. The van der Waals surface area contributed by atoms with Gasteiger partial charge in [-0.25, -0.2) is 0 Å². The number of hydrogen-bond donors (Lipinski definition) is 1. The van der Waals surface area contributed by atoms with E-state index < -0.39 is 0 Å². The van der Waals surface area contributed by atoms with Crippen molar-refractivity contribution in [2.45, 2.75) is 83.2 Å². The minimum atomic E-state index is 0.340. The van der Waals surface area contributed by atoms with Gasteiger partial charge in [0.1, 0.15) is 0 Å². The largest absolute Gasteiger partial charge is 0.329 e. The summed E-state index contributed by atoms with van der Waals surface area (Å²) in [5.74, 6) is 2.72. The van der Waals surface area contributed by atoms with Crippen LogP contribution >= 0.6 is 0 Å². The van der Waals surface area contributed by atoms with Crippen molar-refractivity contribution in [3.63, 3.8) is 0 Å². The number of rotatable bonds is 2. The second-order valence-corrected chi connectivity index (χ2v) is 8.07. The van der Waals surface area contributed by atoms with Crippen molar-refractivity contribution in [2.24, 2.45) is 23.5 Å². The van der Waals surface area contributed by atoms with Gasteiger partial charge in [-0.1, -0.05) is 26.7 Å². The zero-order chi connectivity index (χ0) is 14.2. The molecule has 5 atom stereocenters. The van der Waals surface area contributed by atoms with Crippen LogP contribution in [0.4, 0.5) is 0 Å². The summed E-state index contributed by atoms with van der Waals surface area (Å²) in [4.78, 5) is 2.92. The van der Waals surface area contributed by atoms with E-state index in [1.54, 1.807) is 0 Å². The second kappa shape index (κ2) is 5.96. The molecule has 1 saturated heterocycles. The van der Waals surface area contributed by atoms with E-state index in [9.17, 15) is 0 Å². The number of nitrogens with two attached hydrogens (primary N) is 1. The SMILES string of the molecule is CC1CCC(CN)(N2CCCC3CCCCC32)CC1C. The highest BCUT2D eigenvalue weighted by Crippen LogP contribution is 2.45. The lowest BCUT2D eigenvalue weighted by molar-refractivity contribution is -0.0589. The van der Waals surface area contributed by atoms with E-state index in [2.05, 4.69) is 18.7 Å². The molecule has 0 spiro atoms. The molecule has 116 valence electrons. The molecule has 3 fully saturated rings. The molecule has 0 bridgehead atoms. The predicted molar refractivity (Wildman–Crippen MR) is 85.7 cm³/mol. The van der Waals surface area contributed by atoms with Gasteiger partial charge in [-0.2, -0.15) is 0 Å². The molecule has 0 aromatic carbocycles. The first-order valence-electron chi connectivity index (χ1n) is 9.13. The van der Waals surface area contributed by atoms with Crippen LogP contribution in [-0.2, 0) is 0 Å².